The molecular weight excluding hydrogens is 562 g/mol. The van der Waals surface area contributed by atoms with Crippen LogP contribution in [0.5, 0.6) is 0 Å². The highest BCUT2D eigenvalue weighted by Crippen LogP contribution is 2.40. The summed E-state index contributed by atoms with van der Waals surface area (Å²) in [6, 6.07) is 11.9. The van der Waals surface area contributed by atoms with Gasteiger partial charge in [-0.3, -0.25) is 14.4 Å². The van der Waals surface area contributed by atoms with Crippen molar-refractivity contribution in [2.75, 3.05) is 23.7 Å². The van der Waals surface area contributed by atoms with E-state index in [-0.39, 0.29) is 18.0 Å². The molecular formula is C36H49N7O2. The van der Waals surface area contributed by atoms with Crippen molar-refractivity contribution in [3.63, 3.8) is 0 Å². The van der Waals surface area contributed by atoms with E-state index >= 15 is 0 Å². The molecule has 5 atom stereocenters. The van der Waals surface area contributed by atoms with Gasteiger partial charge in [-0.15, -0.1) is 0 Å². The van der Waals surface area contributed by atoms with Gasteiger partial charge in [-0.25, -0.2) is 4.98 Å². The van der Waals surface area contributed by atoms with Crippen LogP contribution in [0, 0.1) is 17.8 Å². The van der Waals surface area contributed by atoms with Gasteiger partial charge in [-0.2, -0.15) is 10.1 Å². The number of carboxylic acid groups (broad SMARTS) is 1. The number of nitrogens with one attached hydrogen (secondary N) is 2. The summed E-state index contributed by atoms with van der Waals surface area (Å²) >= 11 is 0. The summed E-state index contributed by atoms with van der Waals surface area (Å²) in [4.78, 5) is 24.7. The zero-order valence-electron chi connectivity index (χ0n) is 26.9. The SMILES string of the molecule is CC[C@@H](Nc1nc2c(c(N[C@@H](CN3CC4CCC3C4)c3cnn(C)c3)n1)C[C@H](c1ccccc1)CC2)C1CCC(C(=O)O)CC1. The summed E-state index contributed by atoms with van der Waals surface area (Å²) in [5.41, 5.74) is 4.97. The average Bonchev–Trinajstić information content (AvgIpc) is 3.81. The molecule has 2 saturated carbocycles. The molecule has 1 aromatic carbocycles. The predicted octanol–water partition coefficient (Wildman–Crippen LogP) is 6.20. The maximum absolute atomic E-state index is 11.6. The molecule has 1 saturated heterocycles. The number of aryl methyl sites for hydroxylation is 2. The lowest BCUT2D eigenvalue weighted by atomic mass is 9.78. The van der Waals surface area contributed by atoms with E-state index in [1.807, 2.05) is 17.9 Å². The number of fused-ring (bicyclic) bond motifs is 3. The van der Waals surface area contributed by atoms with Gasteiger partial charge in [-0.05, 0) is 93.9 Å². The van der Waals surface area contributed by atoms with Crippen LogP contribution in [-0.2, 0) is 24.7 Å². The Morgan fingerprint density at radius 3 is 2.53 bits per heavy atom. The van der Waals surface area contributed by atoms with Crippen LogP contribution in [0.15, 0.2) is 42.7 Å². The molecule has 0 amide bonds. The van der Waals surface area contributed by atoms with Gasteiger partial charge in [0.15, 0.2) is 0 Å². The standard InChI is InChI=1S/C36H49N7O2/c1-3-31(25-10-12-26(13-11-25)35(44)45)39-36-40-32-16-14-27(24-7-5-4-6-8-24)18-30(32)34(41-36)38-33(28-19-37-42(2)21-28)22-43-20-23-9-15-29(43)17-23/h4-8,19,21,23,25-27,29,31,33H,3,9-18,20,22H2,1-2H3,(H,44,45)(H2,38,39,40,41)/t23?,25?,26?,27-,29?,31-,33+/m1/s1. The second-order valence-electron chi connectivity index (χ2n) is 14.2. The number of carboxylic acids is 1. The fourth-order valence-electron chi connectivity index (χ4n) is 8.80. The molecule has 9 heteroatoms. The number of likely N-dealkylation sites (tertiary alicyclic amines) is 1. The third-order valence-electron chi connectivity index (χ3n) is 11.4. The maximum Gasteiger partial charge on any atom is 0.306 e. The van der Waals surface area contributed by atoms with Crippen molar-refractivity contribution in [3.05, 3.63) is 65.1 Å². The fourth-order valence-corrected chi connectivity index (χ4v) is 8.80. The lowest BCUT2D eigenvalue weighted by molar-refractivity contribution is -0.143. The molecule has 0 radical (unpaired) electrons. The van der Waals surface area contributed by atoms with Crippen molar-refractivity contribution in [3.8, 4) is 0 Å². The number of anilines is 2. The van der Waals surface area contributed by atoms with E-state index in [1.165, 1.54) is 42.5 Å². The van der Waals surface area contributed by atoms with E-state index in [0.717, 1.165) is 75.3 Å². The number of piperidine rings is 1. The Hall–Kier alpha value is -3.46. The first-order valence-corrected chi connectivity index (χ1v) is 17.4. The second kappa shape index (κ2) is 13.1. The molecule has 9 nitrogen and oxygen atoms in total. The van der Waals surface area contributed by atoms with Crippen LogP contribution < -0.4 is 10.6 Å². The third-order valence-corrected chi connectivity index (χ3v) is 11.4. The van der Waals surface area contributed by atoms with E-state index in [0.29, 0.717) is 23.8 Å². The van der Waals surface area contributed by atoms with E-state index in [1.54, 1.807) is 0 Å². The Bertz CT molecular complexity index is 1470. The molecule has 4 aliphatic rings. The summed E-state index contributed by atoms with van der Waals surface area (Å²) in [5, 5.41) is 21.8. The lowest BCUT2D eigenvalue weighted by Gasteiger charge is -2.34. The molecule has 3 N–H and O–H groups in total. The molecule has 2 aromatic heterocycles. The highest BCUT2D eigenvalue weighted by atomic mass is 16.4. The lowest BCUT2D eigenvalue weighted by Crippen LogP contribution is -2.38. The zero-order chi connectivity index (χ0) is 30.9. The molecule has 45 heavy (non-hydrogen) atoms. The first-order chi connectivity index (χ1) is 21.9. The normalized spacial score (nSPS) is 27.6. The van der Waals surface area contributed by atoms with Gasteiger partial charge >= 0.3 is 5.97 Å². The van der Waals surface area contributed by atoms with Crippen molar-refractivity contribution in [1.82, 2.24) is 24.6 Å². The van der Waals surface area contributed by atoms with Gasteiger partial charge in [0.25, 0.3) is 0 Å². The summed E-state index contributed by atoms with van der Waals surface area (Å²) in [7, 11) is 1.99. The smallest absolute Gasteiger partial charge is 0.306 e. The minimum atomic E-state index is -0.651. The molecule has 3 aromatic rings. The monoisotopic (exact) mass is 611 g/mol. The van der Waals surface area contributed by atoms with Crippen molar-refractivity contribution >= 4 is 17.7 Å². The van der Waals surface area contributed by atoms with E-state index < -0.39 is 5.97 Å². The molecule has 3 heterocycles. The molecule has 2 bridgehead atoms. The van der Waals surface area contributed by atoms with Crippen LogP contribution >= 0.6 is 0 Å². The number of carbonyl (C=O) groups is 1. The Labute approximate surface area is 267 Å². The number of hydrogen-bond acceptors (Lipinski definition) is 7. The van der Waals surface area contributed by atoms with Gasteiger partial charge in [-0.1, -0.05) is 37.3 Å². The predicted molar refractivity (Wildman–Crippen MR) is 176 cm³/mol. The Morgan fingerprint density at radius 1 is 1.04 bits per heavy atom. The number of benzene rings is 1. The molecule has 0 spiro atoms. The molecule has 240 valence electrons. The fraction of sp³-hybridized carbons (Fsp3) is 0.611. The third kappa shape index (κ3) is 6.60. The number of aromatic nitrogens is 4. The number of aliphatic carboxylic acids is 1. The minimum absolute atomic E-state index is 0.0790. The van der Waals surface area contributed by atoms with Crippen molar-refractivity contribution < 1.29 is 9.90 Å². The van der Waals surface area contributed by atoms with Crippen molar-refractivity contribution in [2.24, 2.45) is 24.8 Å². The van der Waals surface area contributed by atoms with Gasteiger partial charge in [0, 0.05) is 49.5 Å². The number of hydrogen-bond donors (Lipinski definition) is 3. The van der Waals surface area contributed by atoms with Gasteiger partial charge in [0.05, 0.1) is 23.9 Å². The average molecular weight is 612 g/mol. The van der Waals surface area contributed by atoms with E-state index in [4.69, 9.17) is 9.97 Å². The van der Waals surface area contributed by atoms with Gasteiger partial charge in [0.2, 0.25) is 5.95 Å². The summed E-state index contributed by atoms with van der Waals surface area (Å²) in [6.07, 6.45) is 15.4. The number of nitrogens with zero attached hydrogens (tertiary/aromatic N) is 5. The molecule has 2 unspecified atom stereocenters. The van der Waals surface area contributed by atoms with Crippen LogP contribution in [0.4, 0.5) is 11.8 Å². The molecule has 3 aliphatic carbocycles. The van der Waals surface area contributed by atoms with Crippen LogP contribution in [0.25, 0.3) is 0 Å². The second-order valence-corrected chi connectivity index (χ2v) is 14.2. The van der Waals surface area contributed by atoms with E-state index in [9.17, 15) is 9.90 Å². The quantitative estimate of drug-likeness (QED) is 0.235. The van der Waals surface area contributed by atoms with E-state index in [2.05, 4.69) is 64.1 Å². The number of rotatable bonds is 11. The van der Waals surface area contributed by atoms with Crippen molar-refractivity contribution in [2.45, 2.75) is 102 Å². The summed E-state index contributed by atoms with van der Waals surface area (Å²) in [5.74, 6) is 2.51. The zero-order valence-corrected chi connectivity index (χ0v) is 26.9. The van der Waals surface area contributed by atoms with Crippen molar-refractivity contribution in [1.29, 1.82) is 0 Å². The topological polar surface area (TPSA) is 108 Å². The van der Waals surface area contributed by atoms with Crippen LogP contribution in [-0.4, -0.2) is 60.9 Å². The Kier molecular flexibility index (Phi) is 8.80. The van der Waals surface area contributed by atoms with Crippen LogP contribution in [0.2, 0.25) is 0 Å². The maximum atomic E-state index is 11.6. The summed E-state index contributed by atoms with van der Waals surface area (Å²) < 4.78 is 1.90. The van der Waals surface area contributed by atoms with Gasteiger partial charge in [0.1, 0.15) is 5.82 Å². The van der Waals surface area contributed by atoms with Crippen LogP contribution in [0.3, 0.4) is 0 Å². The van der Waals surface area contributed by atoms with Gasteiger partial charge < -0.3 is 15.7 Å². The largest absolute Gasteiger partial charge is 0.481 e. The molecule has 3 fully saturated rings. The van der Waals surface area contributed by atoms with Crippen LogP contribution in [0.1, 0.15) is 99.1 Å². The Morgan fingerprint density at radius 2 is 1.87 bits per heavy atom. The first kappa shape index (κ1) is 30.2. The molecule has 7 rings (SSSR count). The highest BCUT2D eigenvalue weighted by molar-refractivity contribution is 5.70. The minimum Gasteiger partial charge on any atom is -0.481 e. The molecule has 1 aliphatic heterocycles. The highest BCUT2D eigenvalue weighted by Gasteiger charge is 2.39. The summed E-state index contributed by atoms with van der Waals surface area (Å²) in [6.45, 7) is 4.35. The first-order valence-electron chi connectivity index (χ1n) is 17.4. The Balaban J connectivity index is 1.18.